The van der Waals surface area contributed by atoms with Gasteiger partial charge in [0.25, 0.3) is 0 Å². The van der Waals surface area contributed by atoms with E-state index in [1.165, 1.54) is 16.3 Å². The Kier molecular flexibility index (Phi) is 5.73. The molecular formula is C18H20ClN3O2S. The molecule has 7 heteroatoms. The van der Waals surface area contributed by atoms with Gasteiger partial charge in [-0.25, -0.2) is 9.80 Å². The van der Waals surface area contributed by atoms with Crippen molar-refractivity contribution in [1.29, 1.82) is 0 Å². The topological polar surface area (TPSA) is 53.9 Å². The molecular weight excluding hydrogens is 358 g/mol. The molecule has 3 rings (SSSR count). The molecule has 1 unspecified atom stereocenters. The number of hydrazone groups is 1. The van der Waals surface area contributed by atoms with Gasteiger partial charge in [-0.2, -0.15) is 5.10 Å². The summed E-state index contributed by atoms with van der Waals surface area (Å²) in [5.74, 6) is 0.136. The Morgan fingerprint density at radius 3 is 2.84 bits per heavy atom. The Bertz CT molecular complexity index is 773. The number of benzene rings is 1. The quantitative estimate of drug-likeness (QED) is 0.826. The Balaban J connectivity index is 1.78. The first-order chi connectivity index (χ1) is 12.1. The molecule has 2 heterocycles. The first kappa shape index (κ1) is 17.9. The number of ether oxygens (including phenoxy) is 1. The van der Waals surface area contributed by atoms with E-state index < -0.39 is 0 Å². The zero-order valence-electron chi connectivity index (χ0n) is 14.2. The number of rotatable bonds is 5. The lowest BCUT2D eigenvalue weighted by Gasteiger charge is -2.14. The highest BCUT2D eigenvalue weighted by Gasteiger charge is 2.31. The summed E-state index contributed by atoms with van der Waals surface area (Å²) in [5.41, 5.74) is 3.00. The van der Waals surface area contributed by atoms with Crippen LogP contribution in [0.15, 0.2) is 40.8 Å². The molecule has 25 heavy (non-hydrogen) atoms. The second-order valence-electron chi connectivity index (χ2n) is 5.97. The van der Waals surface area contributed by atoms with E-state index >= 15 is 0 Å². The zero-order valence-corrected chi connectivity index (χ0v) is 15.7. The average molecular weight is 378 g/mol. The highest BCUT2D eigenvalue weighted by Crippen LogP contribution is 2.25. The number of urea groups is 1. The van der Waals surface area contributed by atoms with E-state index in [0.29, 0.717) is 18.2 Å². The third-order valence-electron chi connectivity index (χ3n) is 4.01. The van der Waals surface area contributed by atoms with Crippen LogP contribution in [-0.4, -0.2) is 37.0 Å². The van der Waals surface area contributed by atoms with Gasteiger partial charge in [0, 0.05) is 24.7 Å². The van der Waals surface area contributed by atoms with Gasteiger partial charge in [0.05, 0.1) is 17.3 Å². The molecule has 1 aromatic heterocycles. The highest BCUT2D eigenvalue weighted by molar-refractivity contribution is 7.14. The summed E-state index contributed by atoms with van der Waals surface area (Å²) >= 11 is 7.48. The molecule has 0 saturated heterocycles. The molecule has 1 aliphatic heterocycles. The van der Waals surface area contributed by atoms with Gasteiger partial charge in [0.1, 0.15) is 0 Å². The summed E-state index contributed by atoms with van der Waals surface area (Å²) in [6.07, 6.45) is 0.805. The molecule has 132 valence electrons. The predicted octanol–water partition coefficient (Wildman–Crippen LogP) is 4.61. The molecule has 1 aromatic carbocycles. The van der Waals surface area contributed by atoms with E-state index in [9.17, 15) is 4.79 Å². The molecule has 2 aromatic rings. The monoisotopic (exact) mass is 377 g/mol. The molecule has 1 N–H and O–H groups in total. The molecule has 1 atom stereocenters. The van der Waals surface area contributed by atoms with Gasteiger partial charge in [-0.05, 0) is 48.1 Å². The second-order valence-corrected chi connectivity index (χ2v) is 7.32. The third-order valence-corrected chi connectivity index (χ3v) is 5.23. The van der Waals surface area contributed by atoms with Crippen molar-refractivity contribution in [2.24, 2.45) is 11.0 Å². The fraction of sp³-hybridized carbons (Fsp3) is 0.333. The van der Waals surface area contributed by atoms with Crippen LogP contribution in [0.3, 0.4) is 0 Å². The fourth-order valence-electron chi connectivity index (χ4n) is 2.74. The number of amides is 2. The van der Waals surface area contributed by atoms with E-state index in [1.807, 2.05) is 42.6 Å². The Labute approximate surface area is 156 Å². The van der Waals surface area contributed by atoms with Crippen LogP contribution in [0.5, 0.6) is 0 Å². The van der Waals surface area contributed by atoms with Crippen molar-refractivity contribution < 1.29 is 9.53 Å². The summed E-state index contributed by atoms with van der Waals surface area (Å²) in [6.45, 7) is 3.16. The second kappa shape index (κ2) is 7.99. The Morgan fingerprint density at radius 2 is 2.20 bits per heavy atom. The number of anilines is 1. The maximum Gasteiger partial charge on any atom is 0.342 e. The standard InChI is InChI=1S/C18H20ClN3O2S/c1-12-9-16(25-11-12)20-18(23)22-10-14(7-8-24-2)17(21-22)13-3-5-15(19)6-4-13/h3-6,9,11,14H,7-8,10H2,1-2H3,(H,20,23). The lowest BCUT2D eigenvalue weighted by atomic mass is 9.95. The van der Waals surface area contributed by atoms with Crippen molar-refractivity contribution in [3.8, 4) is 0 Å². The number of nitrogens with zero attached hydrogens (tertiary/aromatic N) is 2. The summed E-state index contributed by atoms with van der Waals surface area (Å²) in [4.78, 5) is 12.5. The van der Waals surface area contributed by atoms with Crippen molar-refractivity contribution in [3.63, 3.8) is 0 Å². The van der Waals surface area contributed by atoms with Crippen molar-refractivity contribution in [2.75, 3.05) is 25.6 Å². The van der Waals surface area contributed by atoms with Crippen LogP contribution in [0.2, 0.25) is 5.02 Å². The van der Waals surface area contributed by atoms with E-state index in [4.69, 9.17) is 16.3 Å². The summed E-state index contributed by atoms with van der Waals surface area (Å²) in [7, 11) is 1.68. The largest absolute Gasteiger partial charge is 0.385 e. The predicted molar refractivity (Wildman–Crippen MR) is 103 cm³/mol. The molecule has 2 amide bonds. The minimum Gasteiger partial charge on any atom is -0.385 e. The Hall–Kier alpha value is -1.89. The molecule has 0 saturated carbocycles. The average Bonchev–Trinajstić information content (AvgIpc) is 3.20. The SMILES string of the molecule is COCCC1CN(C(=O)Nc2cc(C)cs2)N=C1c1ccc(Cl)cc1. The van der Waals surface area contributed by atoms with Gasteiger partial charge in [-0.15, -0.1) is 11.3 Å². The maximum absolute atomic E-state index is 12.5. The smallest absolute Gasteiger partial charge is 0.342 e. The van der Waals surface area contributed by atoms with Gasteiger partial charge < -0.3 is 4.74 Å². The number of hydrogen-bond acceptors (Lipinski definition) is 4. The molecule has 0 fully saturated rings. The van der Waals surface area contributed by atoms with Gasteiger partial charge >= 0.3 is 6.03 Å². The normalized spacial score (nSPS) is 16.8. The van der Waals surface area contributed by atoms with Crippen molar-refractivity contribution in [1.82, 2.24) is 5.01 Å². The van der Waals surface area contributed by atoms with Crippen molar-refractivity contribution in [3.05, 3.63) is 51.9 Å². The van der Waals surface area contributed by atoms with Crippen LogP contribution in [0, 0.1) is 12.8 Å². The van der Waals surface area contributed by atoms with Gasteiger partial charge in [-0.3, -0.25) is 5.32 Å². The molecule has 1 aliphatic rings. The van der Waals surface area contributed by atoms with E-state index in [-0.39, 0.29) is 11.9 Å². The molecule has 0 aliphatic carbocycles. The number of carbonyl (C=O) groups is 1. The summed E-state index contributed by atoms with van der Waals surface area (Å²) in [5, 5.41) is 12.5. The lowest BCUT2D eigenvalue weighted by molar-refractivity contribution is 0.180. The number of carbonyl (C=O) groups excluding carboxylic acids is 1. The molecule has 0 bridgehead atoms. The van der Waals surface area contributed by atoms with Crippen LogP contribution in [-0.2, 0) is 4.74 Å². The van der Waals surface area contributed by atoms with Gasteiger partial charge in [-0.1, -0.05) is 23.7 Å². The Morgan fingerprint density at radius 1 is 1.44 bits per heavy atom. The minimum atomic E-state index is -0.215. The molecule has 5 nitrogen and oxygen atoms in total. The number of hydrogen-bond donors (Lipinski definition) is 1. The van der Waals surface area contributed by atoms with E-state index in [2.05, 4.69) is 10.4 Å². The van der Waals surface area contributed by atoms with Crippen molar-refractivity contribution in [2.45, 2.75) is 13.3 Å². The van der Waals surface area contributed by atoms with Gasteiger partial charge in [0.15, 0.2) is 0 Å². The highest BCUT2D eigenvalue weighted by atomic mass is 35.5. The summed E-state index contributed by atoms with van der Waals surface area (Å²) in [6, 6.07) is 9.28. The first-order valence-electron chi connectivity index (χ1n) is 8.04. The molecule has 0 radical (unpaired) electrons. The molecule has 0 spiro atoms. The van der Waals surface area contributed by atoms with Crippen LogP contribution in [0.25, 0.3) is 0 Å². The minimum absolute atomic E-state index is 0.136. The number of nitrogens with one attached hydrogen (secondary N) is 1. The van der Waals surface area contributed by atoms with Crippen LogP contribution in [0.1, 0.15) is 17.5 Å². The van der Waals surface area contributed by atoms with Gasteiger partial charge in [0.2, 0.25) is 0 Å². The third kappa shape index (κ3) is 4.39. The van der Waals surface area contributed by atoms with Crippen LogP contribution in [0.4, 0.5) is 9.80 Å². The number of methoxy groups -OCH3 is 1. The van der Waals surface area contributed by atoms with Crippen molar-refractivity contribution >= 4 is 39.7 Å². The number of thiophene rings is 1. The number of aryl methyl sites for hydroxylation is 1. The van der Waals surface area contributed by atoms with E-state index in [1.54, 1.807) is 7.11 Å². The summed E-state index contributed by atoms with van der Waals surface area (Å²) < 4.78 is 5.21. The first-order valence-corrected chi connectivity index (χ1v) is 9.29. The van der Waals surface area contributed by atoms with Crippen LogP contribution < -0.4 is 5.32 Å². The fourth-order valence-corrected chi connectivity index (χ4v) is 3.65. The zero-order chi connectivity index (χ0) is 17.8. The lowest BCUT2D eigenvalue weighted by Crippen LogP contribution is -2.30. The van der Waals surface area contributed by atoms with Crippen LogP contribution >= 0.6 is 22.9 Å². The maximum atomic E-state index is 12.5. The number of halogens is 1. The van der Waals surface area contributed by atoms with E-state index in [0.717, 1.165) is 28.3 Å².